The van der Waals surface area contributed by atoms with Gasteiger partial charge in [-0.1, -0.05) is 12.2 Å². The number of fused-ring (bicyclic) bond motifs is 6. The zero-order valence-electron chi connectivity index (χ0n) is 23.7. The quantitative estimate of drug-likeness (QED) is 0.309. The van der Waals surface area contributed by atoms with E-state index in [1.54, 1.807) is 15.8 Å². The van der Waals surface area contributed by atoms with Crippen LogP contribution in [0.25, 0.3) is 27.6 Å². The van der Waals surface area contributed by atoms with Gasteiger partial charge in [0.25, 0.3) is 11.5 Å². The Labute approximate surface area is 247 Å². The van der Waals surface area contributed by atoms with E-state index in [4.69, 9.17) is 9.72 Å². The Bertz CT molecular complexity index is 1960. The van der Waals surface area contributed by atoms with Crippen molar-refractivity contribution in [1.82, 2.24) is 29.2 Å². The van der Waals surface area contributed by atoms with Crippen LogP contribution in [0.2, 0.25) is 0 Å². The van der Waals surface area contributed by atoms with Crippen LogP contribution in [0.3, 0.4) is 0 Å². The van der Waals surface area contributed by atoms with Gasteiger partial charge in [-0.05, 0) is 81.2 Å². The molecule has 11 heteroatoms. The van der Waals surface area contributed by atoms with E-state index >= 15 is 0 Å². The van der Waals surface area contributed by atoms with Gasteiger partial charge >= 0.3 is 0 Å². The number of allylic oxidation sites excluding steroid dienone is 2. The number of nitrogens with one attached hydrogen (secondary N) is 2. The van der Waals surface area contributed by atoms with Crippen molar-refractivity contribution in [1.29, 1.82) is 0 Å². The number of piperidine rings is 1. The zero-order chi connectivity index (χ0) is 28.9. The zero-order valence-corrected chi connectivity index (χ0v) is 23.7. The lowest BCUT2D eigenvalue weighted by Crippen LogP contribution is -2.39. The Morgan fingerprint density at radius 2 is 1.93 bits per heavy atom. The highest BCUT2D eigenvalue weighted by atomic mass is 16.5. The van der Waals surface area contributed by atoms with E-state index in [2.05, 4.69) is 50.7 Å². The summed E-state index contributed by atoms with van der Waals surface area (Å²) in [7, 11) is 0. The summed E-state index contributed by atoms with van der Waals surface area (Å²) < 4.78 is 11.6. The molecule has 0 saturated carbocycles. The van der Waals surface area contributed by atoms with E-state index in [-0.39, 0.29) is 18.1 Å². The number of carbonyl (C=O) groups is 1. The Hall–Kier alpha value is -4.90. The molecule has 0 spiro atoms. The van der Waals surface area contributed by atoms with Gasteiger partial charge in [0, 0.05) is 41.6 Å². The van der Waals surface area contributed by atoms with Crippen molar-refractivity contribution in [2.75, 3.05) is 36.5 Å². The molecule has 1 saturated heterocycles. The molecule has 1 amide bonds. The number of nitrogens with zero attached hydrogens (tertiary/aromatic N) is 6. The molecule has 8 rings (SSSR count). The highest BCUT2D eigenvalue weighted by Crippen LogP contribution is 2.35. The molecule has 0 unspecified atom stereocenters. The summed E-state index contributed by atoms with van der Waals surface area (Å²) in [6, 6.07) is 14.6. The monoisotopic (exact) mass is 576 g/mol. The number of hydrogen-bond donors (Lipinski definition) is 2. The number of amides is 1. The van der Waals surface area contributed by atoms with Crippen molar-refractivity contribution in [3.63, 3.8) is 0 Å². The summed E-state index contributed by atoms with van der Waals surface area (Å²) in [6.45, 7) is 3.10. The maximum Gasteiger partial charge on any atom is 0.278 e. The van der Waals surface area contributed by atoms with Crippen LogP contribution in [0.4, 0.5) is 17.3 Å². The maximum absolute atomic E-state index is 13.6. The third-order valence-corrected chi connectivity index (χ3v) is 8.68. The third-order valence-electron chi connectivity index (χ3n) is 8.68. The summed E-state index contributed by atoms with van der Waals surface area (Å²) in [5.74, 6) is 0.977. The first kappa shape index (κ1) is 25.8. The minimum atomic E-state index is -0.175. The first-order valence-electron chi connectivity index (χ1n) is 14.9. The van der Waals surface area contributed by atoms with Gasteiger partial charge in [0.1, 0.15) is 11.1 Å². The van der Waals surface area contributed by atoms with Crippen LogP contribution < -0.4 is 25.8 Å². The molecule has 43 heavy (non-hydrogen) atoms. The van der Waals surface area contributed by atoms with Crippen molar-refractivity contribution in [3.05, 3.63) is 77.4 Å². The molecule has 218 valence electrons. The van der Waals surface area contributed by atoms with Crippen LogP contribution in [-0.4, -0.2) is 56.0 Å². The highest BCUT2D eigenvalue weighted by molar-refractivity contribution is 5.98. The van der Waals surface area contributed by atoms with Crippen molar-refractivity contribution < 1.29 is 9.53 Å². The topological polar surface area (TPSA) is 111 Å². The second kappa shape index (κ2) is 10.4. The molecule has 1 fully saturated rings. The summed E-state index contributed by atoms with van der Waals surface area (Å²) >= 11 is 0. The lowest BCUT2D eigenvalue weighted by molar-refractivity contribution is -0.121. The lowest BCUT2D eigenvalue weighted by atomic mass is 10.1. The Balaban J connectivity index is 1.19. The Kier molecular flexibility index (Phi) is 6.25. The van der Waals surface area contributed by atoms with Crippen LogP contribution in [0.5, 0.6) is 5.75 Å². The molecule has 3 aliphatic heterocycles. The predicted molar refractivity (Wildman–Crippen MR) is 166 cm³/mol. The van der Waals surface area contributed by atoms with Crippen molar-refractivity contribution in [2.45, 2.75) is 38.3 Å². The van der Waals surface area contributed by atoms with E-state index in [0.717, 1.165) is 49.8 Å². The first-order chi connectivity index (χ1) is 21.1. The van der Waals surface area contributed by atoms with Gasteiger partial charge < -0.3 is 24.8 Å². The molecular formula is C32H32N8O3. The number of anilines is 3. The Morgan fingerprint density at radius 3 is 2.84 bits per heavy atom. The lowest BCUT2D eigenvalue weighted by Gasteiger charge is -2.30. The summed E-state index contributed by atoms with van der Waals surface area (Å²) in [5.41, 5.74) is 3.81. The normalized spacial score (nSPS) is 17.4. The molecule has 0 radical (unpaired) electrons. The molecule has 6 heterocycles. The van der Waals surface area contributed by atoms with Gasteiger partial charge in [-0.2, -0.15) is 4.98 Å². The van der Waals surface area contributed by atoms with Gasteiger partial charge in [0.15, 0.2) is 12.3 Å². The van der Waals surface area contributed by atoms with Crippen LogP contribution in [0.15, 0.2) is 71.8 Å². The Morgan fingerprint density at radius 1 is 1.02 bits per heavy atom. The third kappa shape index (κ3) is 4.47. The van der Waals surface area contributed by atoms with E-state index in [0.29, 0.717) is 53.2 Å². The number of ether oxygens (including phenoxy) is 1. The maximum atomic E-state index is 13.6. The minimum absolute atomic E-state index is 0.0240. The predicted octanol–water partition coefficient (Wildman–Crippen LogP) is 4.28. The average Bonchev–Trinajstić information content (AvgIpc) is 3.57. The van der Waals surface area contributed by atoms with Gasteiger partial charge in [0.05, 0.1) is 17.9 Å². The van der Waals surface area contributed by atoms with Crippen molar-refractivity contribution >= 4 is 45.2 Å². The average molecular weight is 577 g/mol. The van der Waals surface area contributed by atoms with Crippen molar-refractivity contribution in [2.24, 2.45) is 0 Å². The van der Waals surface area contributed by atoms with E-state index in [9.17, 15) is 9.59 Å². The van der Waals surface area contributed by atoms with E-state index in [1.807, 2.05) is 35.0 Å². The molecule has 2 bridgehead atoms. The summed E-state index contributed by atoms with van der Waals surface area (Å²) in [5, 5.41) is 8.37. The van der Waals surface area contributed by atoms with Gasteiger partial charge in [-0.15, -0.1) is 0 Å². The fourth-order valence-electron chi connectivity index (χ4n) is 6.52. The van der Waals surface area contributed by atoms with Gasteiger partial charge in [-0.3, -0.25) is 9.59 Å². The first-order valence-corrected chi connectivity index (χ1v) is 14.9. The van der Waals surface area contributed by atoms with Crippen LogP contribution in [0.1, 0.15) is 31.7 Å². The number of benzene rings is 2. The molecule has 2 aromatic carbocycles. The summed E-state index contributed by atoms with van der Waals surface area (Å²) in [4.78, 5) is 37.5. The number of carbonyl (C=O) groups excluding carboxylic acids is 1. The smallest absolute Gasteiger partial charge is 0.278 e. The highest BCUT2D eigenvalue weighted by Gasteiger charge is 2.27. The molecule has 0 atom stereocenters. The second-order valence-corrected chi connectivity index (χ2v) is 11.3. The molecular weight excluding hydrogens is 544 g/mol. The van der Waals surface area contributed by atoms with Gasteiger partial charge in [-0.25, -0.2) is 14.3 Å². The molecule has 5 aromatic rings. The number of hydrogen-bond acceptors (Lipinski definition) is 7. The standard InChI is InChI=1S/C32H32N8O3/c41-29-20-43-28-8-6-24-18-27(28)38(29)14-3-1-2-4-15-39-31(42)25-19-34-32(36-30(25)40(24)39)35-22-5-7-26-21(17-22)11-16-37(26)23-9-12-33-13-10-23/h2,4-8,11,16-19,23,33H,1,3,9-10,12-15,20H2,(H,34,35,36). The van der Waals surface area contributed by atoms with Gasteiger partial charge in [0.2, 0.25) is 5.95 Å². The molecule has 0 aliphatic carbocycles. The van der Waals surface area contributed by atoms with Crippen LogP contribution >= 0.6 is 0 Å². The number of aromatic nitrogens is 5. The van der Waals surface area contributed by atoms with Crippen LogP contribution in [-0.2, 0) is 11.3 Å². The van der Waals surface area contributed by atoms with E-state index in [1.165, 1.54) is 5.52 Å². The fraction of sp³-hybridized carbons (Fsp3) is 0.312. The fourth-order valence-corrected chi connectivity index (χ4v) is 6.52. The van der Waals surface area contributed by atoms with Crippen LogP contribution in [0, 0.1) is 0 Å². The molecule has 3 aromatic heterocycles. The SMILES string of the molecule is O=C1COc2ccc3cc2N1CCCC=CCn1c(=O)c2cnc(Nc4ccc5c(ccn5C5CCNCC5)c4)nc2n1-3. The number of rotatable bonds is 3. The minimum Gasteiger partial charge on any atom is -0.482 e. The molecule has 3 aliphatic rings. The molecule has 2 N–H and O–H groups in total. The largest absolute Gasteiger partial charge is 0.482 e. The van der Waals surface area contributed by atoms with Crippen molar-refractivity contribution in [3.8, 4) is 11.4 Å². The second-order valence-electron chi connectivity index (χ2n) is 11.3. The molecule has 11 nitrogen and oxygen atoms in total. The van der Waals surface area contributed by atoms with E-state index < -0.39 is 0 Å². The summed E-state index contributed by atoms with van der Waals surface area (Å²) in [6.07, 6.45) is 11.7.